The van der Waals surface area contributed by atoms with Gasteiger partial charge >= 0.3 is 0 Å². The molecule has 4 nitrogen and oxygen atoms in total. The topological polar surface area (TPSA) is 56.5 Å². The van der Waals surface area contributed by atoms with Crippen LogP contribution in [0.5, 0.6) is 11.5 Å². The molecule has 0 spiro atoms. The van der Waals surface area contributed by atoms with Crippen molar-refractivity contribution in [1.29, 1.82) is 0 Å². The van der Waals surface area contributed by atoms with Crippen molar-refractivity contribution in [3.63, 3.8) is 0 Å². The molecule has 2 unspecified atom stereocenters. The molecule has 0 radical (unpaired) electrons. The first-order chi connectivity index (χ1) is 9.69. The minimum absolute atomic E-state index is 0.0142. The van der Waals surface area contributed by atoms with E-state index in [0.717, 1.165) is 29.9 Å². The van der Waals surface area contributed by atoms with E-state index in [1.165, 1.54) is 0 Å². The second-order valence-electron chi connectivity index (χ2n) is 4.57. The van der Waals surface area contributed by atoms with Crippen molar-refractivity contribution in [1.82, 2.24) is 5.32 Å². The van der Waals surface area contributed by atoms with Crippen molar-refractivity contribution in [3.05, 3.63) is 23.8 Å². The van der Waals surface area contributed by atoms with Crippen LogP contribution in [-0.2, 0) is 0 Å². The van der Waals surface area contributed by atoms with Crippen molar-refractivity contribution in [2.75, 3.05) is 20.8 Å². The van der Waals surface area contributed by atoms with Gasteiger partial charge in [0.1, 0.15) is 11.5 Å². The molecule has 0 aliphatic rings. The van der Waals surface area contributed by atoms with Gasteiger partial charge in [0.2, 0.25) is 0 Å². The highest BCUT2D eigenvalue weighted by Gasteiger charge is 2.18. The minimum Gasteiger partial charge on any atom is -0.497 e. The molecular weight excluding hydrogens is 252 g/mol. The number of hydrogen-bond acceptors (Lipinski definition) is 4. The van der Waals surface area contributed by atoms with Gasteiger partial charge in [-0.2, -0.15) is 0 Å². The number of ether oxygens (including phenoxy) is 2. The number of hydrogen-bond donors (Lipinski definition) is 2. The summed E-state index contributed by atoms with van der Waals surface area (Å²) in [5.41, 5.74) is 6.87. The Hall–Kier alpha value is -1.70. The summed E-state index contributed by atoms with van der Waals surface area (Å²) >= 11 is 0. The monoisotopic (exact) mass is 276 g/mol. The maximum Gasteiger partial charge on any atom is 0.127 e. The quantitative estimate of drug-likeness (QED) is 0.714. The summed E-state index contributed by atoms with van der Waals surface area (Å²) in [6, 6.07) is 5.68. The molecule has 2 atom stereocenters. The van der Waals surface area contributed by atoms with Gasteiger partial charge in [-0.25, -0.2) is 0 Å². The van der Waals surface area contributed by atoms with Crippen LogP contribution in [0.2, 0.25) is 0 Å². The third kappa shape index (κ3) is 4.16. The Morgan fingerprint density at radius 2 is 2.10 bits per heavy atom. The Morgan fingerprint density at radius 3 is 2.60 bits per heavy atom. The Bertz CT molecular complexity index is 454. The largest absolute Gasteiger partial charge is 0.497 e. The lowest BCUT2D eigenvalue weighted by Gasteiger charge is -2.23. The molecule has 0 heterocycles. The summed E-state index contributed by atoms with van der Waals surface area (Å²) in [4.78, 5) is 0. The maximum absolute atomic E-state index is 5.88. The fourth-order valence-corrected chi connectivity index (χ4v) is 2.14. The van der Waals surface area contributed by atoms with Crippen molar-refractivity contribution in [3.8, 4) is 23.8 Å². The van der Waals surface area contributed by atoms with E-state index in [4.69, 9.17) is 21.6 Å². The highest BCUT2D eigenvalue weighted by Crippen LogP contribution is 2.29. The SMILES string of the molecule is C#CC(CCC)NC(CN)c1ccc(OC)cc1OC. The van der Waals surface area contributed by atoms with E-state index in [9.17, 15) is 0 Å². The van der Waals surface area contributed by atoms with Crippen LogP contribution in [0.25, 0.3) is 0 Å². The average molecular weight is 276 g/mol. The Morgan fingerprint density at radius 1 is 1.35 bits per heavy atom. The second kappa shape index (κ2) is 8.47. The standard InChI is InChI=1S/C16H24N2O2/c1-5-7-12(6-2)18-15(11-17)14-9-8-13(19-3)10-16(14)20-4/h2,8-10,12,15,18H,5,7,11,17H2,1,3-4H3. The molecule has 1 aromatic carbocycles. The van der Waals surface area contributed by atoms with E-state index in [2.05, 4.69) is 18.2 Å². The van der Waals surface area contributed by atoms with Gasteiger partial charge in [0.15, 0.2) is 0 Å². The molecular formula is C16H24N2O2. The van der Waals surface area contributed by atoms with Gasteiger partial charge < -0.3 is 15.2 Å². The van der Waals surface area contributed by atoms with Crippen molar-refractivity contribution >= 4 is 0 Å². The van der Waals surface area contributed by atoms with E-state index in [-0.39, 0.29) is 12.1 Å². The van der Waals surface area contributed by atoms with Crippen LogP contribution in [0.1, 0.15) is 31.4 Å². The molecule has 0 bridgehead atoms. The zero-order valence-corrected chi connectivity index (χ0v) is 12.5. The van der Waals surface area contributed by atoms with Gasteiger partial charge in [-0.1, -0.05) is 25.3 Å². The Kier molecular flexibility index (Phi) is 6.92. The predicted molar refractivity (Wildman–Crippen MR) is 82.0 cm³/mol. The van der Waals surface area contributed by atoms with Crippen LogP contribution in [0, 0.1) is 12.3 Å². The Labute approximate surface area is 121 Å². The normalized spacial score (nSPS) is 13.3. The predicted octanol–water partition coefficient (Wildman–Crippen LogP) is 2.10. The minimum atomic E-state index is -0.0385. The van der Waals surface area contributed by atoms with Crippen LogP contribution < -0.4 is 20.5 Å². The summed E-state index contributed by atoms with van der Waals surface area (Å²) in [6.07, 6.45) is 7.50. The number of benzene rings is 1. The van der Waals surface area contributed by atoms with Gasteiger partial charge in [0.25, 0.3) is 0 Å². The van der Waals surface area contributed by atoms with Gasteiger partial charge in [0.05, 0.1) is 20.3 Å². The third-order valence-electron chi connectivity index (χ3n) is 3.23. The molecule has 0 aliphatic heterocycles. The summed E-state index contributed by atoms with van der Waals surface area (Å²) in [7, 11) is 3.26. The summed E-state index contributed by atoms with van der Waals surface area (Å²) < 4.78 is 10.6. The lowest BCUT2D eigenvalue weighted by Crippen LogP contribution is -2.36. The van der Waals surface area contributed by atoms with E-state index in [1.54, 1.807) is 14.2 Å². The summed E-state index contributed by atoms with van der Waals surface area (Å²) in [5, 5.41) is 3.40. The molecule has 0 saturated carbocycles. The zero-order valence-electron chi connectivity index (χ0n) is 12.5. The van der Waals surface area contributed by atoms with E-state index < -0.39 is 0 Å². The molecule has 0 amide bonds. The first-order valence-electron chi connectivity index (χ1n) is 6.84. The van der Waals surface area contributed by atoms with E-state index in [1.807, 2.05) is 18.2 Å². The van der Waals surface area contributed by atoms with Crippen molar-refractivity contribution in [2.45, 2.75) is 31.8 Å². The van der Waals surface area contributed by atoms with Crippen LogP contribution in [0.15, 0.2) is 18.2 Å². The Balaban J connectivity index is 2.97. The number of methoxy groups -OCH3 is 2. The molecule has 20 heavy (non-hydrogen) atoms. The second-order valence-corrected chi connectivity index (χ2v) is 4.57. The number of nitrogens with one attached hydrogen (secondary N) is 1. The van der Waals surface area contributed by atoms with Gasteiger partial charge in [-0.15, -0.1) is 6.42 Å². The third-order valence-corrected chi connectivity index (χ3v) is 3.23. The molecule has 1 rings (SSSR count). The summed E-state index contributed by atoms with van der Waals surface area (Å²) in [5.74, 6) is 4.27. The molecule has 3 N–H and O–H groups in total. The molecule has 0 aliphatic carbocycles. The van der Waals surface area contributed by atoms with E-state index in [0.29, 0.717) is 6.54 Å². The van der Waals surface area contributed by atoms with E-state index >= 15 is 0 Å². The summed E-state index contributed by atoms with van der Waals surface area (Å²) in [6.45, 7) is 2.56. The lowest BCUT2D eigenvalue weighted by atomic mass is 10.0. The van der Waals surface area contributed by atoms with Gasteiger partial charge in [0, 0.05) is 24.2 Å². The highest BCUT2D eigenvalue weighted by atomic mass is 16.5. The fourth-order valence-electron chi connectivity index (χ4n) is 2.14. The molecule has 0 fully saturated rings. The average Bonchev–Trinajstić information content (AvgIpc) is 2.50. The molecule has 0 aromatic heterocycles. The highest BCUT2D eigenvalue weighted by molar-refractivity contribution is 5.42. The molecule has 0 saturated heterocycles. The van der Waals surface area contributed by atoms with Gasteiger partial charge in [-0.05, 0) is 12.5 Å². The van der Waals surface area contributed by atoms with Crippen molar-refractivity contribution in [2.24, 2.45) is 5.73 Å². The molecule has 4 heteroatoms. The van der Waals surface area contributed by atoms with Crippen molar-refractivity contribution < 1.29 is 9.47 Å². The van der Waals surface area contributed by atoms with Crippen LogP contribution in [0.4, 0.5) is 0 Å². The number of rotatable bonds is 8. The van der Waals surface area contributed by atoms with Crippen LogP contribution in [0.3, 0.4) is 0 Å². The lowest BCUT2D eigenvalue weighted by molar-refractivity contribution is 0.381. The van der Waals surface area contributed by atoms with Crippen LogP contribution >= 0.6 is 0 Å². The van der Waals surface area contributed by atoms with Gasteiger partial charge in [-0.3, -0.25) is 5.32 Å². The first kappa shape index (κ1) is 16.4. The number of nitrogens with two attached hydrogens (primary N) is 1. The molecule has 1 aromatic rings. The fraction of sp³-hybridized carbons (Fsp3) is 0.500. The smallest absolute Gasteiger partial charge is 0.127 e. The molecule has 110 valence electrons. The first-order valence-corrected chi connectivity index (χ1v) is 6.84. The zero-order chi connectivity index (χ0) is 15.0. The van der Waals surface area contributed by atoms with Crippen LogP contribution in [-0.4, -0.2) is 26.8 Å². The maximum atomic E-state index is 5.88. The number of terminal acetylenes is 1.